The van der Waals surface area contributed by atoms with Crippen molar-refractivity contribution in [1.82, 2.24) is 19.7 Å². The number of hydrogen-bond acceptors (Lipinski definition) is 12. The molecule has 0 N–H and O–H groups in total. The van der Waals surface area contributed by atoms with Gasteiger partial charge in [-0.15, -0.1) is 16.4 Å². The molecule has 260 valence electrons. The Bertz CT molecular complexity index is 2120. The maximum absolute atomic E-state index is 13.5. The van der Waals surface area contributed by atoms with Crippen molar-refractivity contribution in [2.45, 2.75) is 27.7 Å². The zero-order valence-corrected chi connectivity index (χ0v) is 30.5. The molecule has 0 atom stereocenters. The van der Waals surface area contributed by atoms with Crippen molar-refractivity contribution in [2.75, 3.05) is 26.4 Å². The molecule has 15 heteroatoms. The van der Waals surface area contributed by atoms with Gasteiger partial charge in [0, 0.05) is 5.56 Å². The van der Waals surface area contributed by atoms with Crippen LogP contribution in [0.4, 0.5) is 0 Å². The SMILES string of the molecule is CCOP(=O)(OCC)Oc1ccccc1-c1nc(-c2ccccc2OP(=O)(OCC)OCC)n(-c2ccc(-c3nc4ccccc4s3)cc2)n1. The first-order valence-electron chi connectivity index (χ1n) is 16.1. The van der Waals surface area contributed by atoms with Gasteiger partial charge in [-0.25, -0.2) is 23.8 Å². The van der Waals surface area contributed by atoms with E-state index < -0.39 is 15.6 Å². The minimum Gasteiger partial charge on any atom is -0.403 e. The number of para-hydroxylation sites is 3. The van der Waals surface area contributed by atoms with Crippen LogP contribution < -0.4 is 9.05 Å². The van der Waals surface area contributed by atoms with E-state index in [1.165, 1.54) is 0 Å². The maximum atomic E-state index is 13.5. The van der Waals surface area contributed by atoms with Gasteiger partial charge < -0.3 is 9.05 Å². The van der Waals surface area contributed by atoms with Crippen molar-refractivity contribution < 1.29 is 36.3 Å². The fourth-order valence-electron chi connectivity index (χ4n) is 5.04. The van der Waals surface area contributed by atoms with Gasteiger partial charge >= 0.3 is 15.6 Å². The summed E-state index contributed by atoms with van der Waals surface area (Å²) in [5.41, 5.74) is 3.45. The summed E-state index contributed by atoms with van der Waals surface area (Å²) in [6, 6.07) is 29.7. The monoisotopic (exact) mass is 734 g/mol. The molecule has 50 heavy (non-hydrogen) atoms. The molecule has 4 aromatic carbocycles. The maximum Gasteiger partial charge on any atom is 0.530 e. The molecular formula is C35H36N4O8P2S. The van der Waals surface area contributed by atoms with Crippen LogP contribution in [-0.4, -0.2) is 46.2 Å². The second kappa shape index (κ2) is 15.8. The average molecular weight is 735 g/mol. The van der Waals surface area contributed by atoms with E-state index in [9.17, 15) is 9.13 Å². The molecule has 2 heterocycles. The predicted molar refractivity (Wildman–Crippen MR) is 194 cm³/mol. The molecule has 6 rings (SSSR count). The van der Waals surface area contributed by atoms with Crippen LogP contribution in [0.1, 0.15) is 27.7 Å². The number of hydrogen-bond donors (Lipinski definition) is 0. The molecule has 0 amide bonds. The first kappa shape index (κ1) is 35.6. The Balaban J connectivity index is 1.47. The fraction of sp³-hybridized carbons (Fsp3) is 0.229. The highest BCUT2D eigenvalue weighted by Crippen LogP contribution is 2.52. The Kier molecular flexibility index (Phi) is 11.2. The fourth-order valence-corrected chi connectivity index (χ4v) is 8.43. The number of nitrogens with zero attached hydrogens (tertiary/aromatic N) is 4. The van der Waals surface area contributed by atoms with Crippen molar-refractivity contribution in [3.8, 4) is 50.5 Å². The highest BCUT2D eigenvalue weighted by atomic mass is 32.1. The highest BCUT2D eigenvalue weighted by molar-refractivity contribution is 7.49. The molecule has 0 saturated heterocycles. The van der Waals surface area contributed by atoms with Gasteiger partial charge in [0.2, 0.25) is 0 Å². The van der Waals surface area contributed by atoms with Gasteiger partial charge in [0.15, 0.2) is 11.6 Å². The van der Waals surface area contributed by atoms with E-state index in [0.29, 0.717) is 22.6 Å². The molecule has 0 spiro atoms. The second-order valence-corrected chi connectivity index (χ2v) is 14.7. The molecule has 0 saturated carbocycles. The first-order chi connectivity index (χ1) is 24.3. The van der Waals surface area contributed by atoms with Crippen molar-refractivity contribution in [3.63, 3.8) is 0 Å². The minimum absolute atomic E-state index is 0.116. The lowest BCUT2D eigenvalue weighted by Gasteiger charge is -2.19. The van der Waals surface area contributed by atoms with E-state index in [1.54, 1.807) is 92.2 Å². The number of aromatic nitrogens is 4. The zero-order chi connectivity index (χ0) is 35.1. The zero-order valence-electron chi connectivity index (χ0n) is 27.9. The number of phosphoric ester groups is 2. The van der Waals surface area contributed by atoms with Crippen molar-refractivity contribution in [1.29, 1.82) is 0 Å². The summed E-state index contributed by atoms with van der Waals surface area (Å²) in [5, 5.41) is 5.80. The van der Waals surface area contributed by atoms with Gasteiger partial charge in [0.05, 0.1) is 53.5 Å². The molecule has 0 bridgehead atoms. The third-order valence-corrected chi connectivity index (χ3v) is 11.3. The first-order valence-corrected chi connectivity index (χ1v) is 19.8. The second-order valence-electron chi connectivity index (χ2n) is 10.4. The summed E-state index contributed by atoms with van der Waals surface area (Å²) in [7, 11) is -7.91. The molecule has 12 nitrogen and oxygen atoms in total. The Morgan fingerprint density at radius 3 is 1.72 bits per heavy atom. The molecule has 0 aliphatic rings. The van der Waals surface area contributed by atoms with Gasteiger partial charge in [-0.2, -0.15) is 0 Å². The average Bonchev–Trinajstić information content (AvgIpc) is 3.75. The van der Waals surface area contributed by atoms with Gasteiger partial charge in [-0.1, -0.05) is 36.4 Å². The van der Waals surface area contributed by atoms with E-state index >= 15 is 0 Å². The van der Waals surface area contributed by atoms with Crippen molar-refractivity contribution >= 4 is 37.2 Å². The minimum atomic E-state index is -3.97. The number of benzene rings is 4. The van der Waals surface area contributed by atoms with Crippen LogP contribution in [0, 0.1) is 0 Å². The Morgan fingerprint density at radius 2 is 1.14 bits per heavy atom. The van der Waals surface area contributed by atoms with E-state index in [4.69, 9.17) is 42.2 Å². The molecule has 0 aliphatic heterocycles. The number of thiazole rings is 1. The summed E-state index contributed by atoms with van der Waals surface area (Å²) in [4.78, 5) is 9.74. The number of rotatable bonds is 16. The van der Waals surface area contributed by atoms with Crippen molar-refractivity contribution in [3.05, 3.63) is 97.1 Å². The predicted octanol–water partition coefficient (Wildman–Crippen LogP) is 10.00. The lowest BCUT2D eigenvalue weighted by atomic mass is 10.1. The van der Waals surface area contributed by atoms with E-state index in [-0.39, 0.29) is 43.8 Å². The van der Waals surface area contributed by atoms with Crippen LogP contribution in [0.5, 0.6) is 11.5 Å². The van der Waals surface area contributed by atoms with Crippen LogP contribution in [-0.2, 0) is 27.2 Å². The normalized spacial score (nSPS) is 12.0. The van der Waals surface area contributed by atoms with Gasteiger partial charge in [-0.3, -0.25) is 18.1 Å². The van der Waals surface area contributed by atoms with Crippen LogP contribution >= 0.6 is 27.0 Å². The summed E-state index contributed by atoms with van der Waals surface area (Å²) in [6.07, 6.45) is 0. The molecule has 0 aliphatic carbocycles. The quantitative estimate of drug-likeness (QED) is 0.0880. The van der Waals surface area contributed by atoms with Crippen molar-refractivity contribution in [2.24, 2.45) is 0 Å². The lowest BCUT2D eigenvalue weighted by Crippen LogP contribution is -2.05. The van der Waals surface area contributed by atoms with Crippen LogP contribution in [0.25, 0.3) is 49.3 Å². The van der Waals surface area contributed by atoms with Crippen LogP contribution in [0.2, 0.25) is 0 Å². The van der Waals surface area contributed by atoms with E-state index in [1.807, 2.05) is 48.5 Å². The van der Waals surface area contributed by atoms with Crippen LogP contribution in [0.15, 0.2) is 97.1 Å². The van der Waals surface area contributed by atoms with Gasteiger partial charge in [0.1, 0.15) is 16.5 Å². The van der Waals surface area contributed by atoms with Crippen LogP contribution in [0.3, 0.4) is 0 Å². The molecule has 2 aromatic heterocycles. The molecular weight excluding hydrogens is 698 g/mol. The van der Waals surface area contributed by atoms with E-state index in [2.05, 4.69) is 0 Å². The van der Waals surface area contributed by atoms with Gasteiger partial charge in [-0.05, 0) is 88.4 Å². The third-order valence-electron chi connectivity index (χ3n) is 7.08. The van der Waals surface area contributed by atoms with E-state index in [0.717, 1.165) is 20.8 Å². The Hall–Kier alpha value is -4.19. The molecule has 0 fully saturated rings. The summed E-state index contributed by atoms with van der Waals surface area (Å²) >= 11 is 1.61. The third kappa shape index (κ3) is 7.90. The topological polar surface area (TPSA) is 133 Å². The summed E-state index contributed by atoms with van der Waals surface area (Å²) in [5.74, 6) is 1.02. The molecule has 0 unspecified atom stereocenters. The largest absolute Gasteiger partial charge is 0.530 e. The number of phosphoric acid groups is 2. The lowest BCUT2D eigenvalue weighted by molar-refractivity contribution is 0.166. The standard InChI is InChI=1S/C35H36N4O8P2S/c1-5-42-48(40,43-6-2)46-30-18-12-9-15-27(30)33-37-34(28-16-10-13-19-31(28)47-49(41,44-7-3)45-8-4)39(38-33)26-23-21-25(22-24-26)35-36-29-17-11-14-20-32(29)50-35/h9-24H,5-8H2,1-4H3. The Morgan fingerprint density at radius 1 is 0.620 bits per heavy atom. The van der Waals surface area contributed by atoms with Gasteiger partial charge in [0.25, 0.3) is 0 Å². The Labute approximate surface area is 294 Å². The summed E-state index contributed by atoms with van der Waals surface area (Å²) < 4.78 is 63.1. The smallest absolute Gasteiger partial charge is 0.403 e. The summed E-state index contributed by atoms with van der Waals surface area (Å²) in [6.45, 7) is 7.29. The molecule has 6 aromatic rings. The highest BCUT2D eigenvalue weighted by Gasteiger charge is 2.32. The number of fused-ring (bicyclic) bond motifs is 1. The molecule has 0 radical (unpaired) electrons.